The van der Waals surface area contributed by atoms with Gasteiger partial charge in [0.15, 0.2) is 0 Å². The van der Waals surface area contributed by atoms with Crippen molar-refractivity contribution in [3.8, 4) is 11.5 Å². The lowest BCUT2D eigenvalue weighted by Crippen LogP contribution is -2.32. The third-order valence-electron chi connectivity index (χ3n) is 3.96. The standard InChI is InChI=1S/C20H26FNO3/c1-14-9-16(10-15(2)20(14)24-4)11-22(3)12-18(23)13-25-19-7-5-17(21)6-8-19/h5-10,18,23H,11-13H2,1-4H3. The van der Waals surface area contributed by atoms with Crippen LogP contribution in [0.15, 0.2) is 36.4 Å². The minimum atomic E-state index is -0.629. The Morgan fingerprint density at radius 3 is 2.28 bits per heavy atom. The molecule has 0 saturated carbocycles. The predicted octanol–water partition coefficient (Wildman–Crippen LogP) is 3.32. The van der Waals surface area contributed by atoms with Crippen LogP contribution in [0, 0.1) is 19.7 Å². The van der Waals surface area contributed by atoms with E-state index in [0.29, 0.717) is 12.3 Å². The molecule has 1 atom stereocenters. The summed E-state index contributed by atoms with van der Waals surface area (Å²) in [6.07, 6.45) is -0.629. The number of methoxy groups -OCH3 is 1. The van der Waals surface area contributed by atoms with Crippen LogP contribution < -0.4 is 9.47 Å². The third kappa shape index (κ3) is 5.73. The van der Waals surface area contributed by atoms with Crippen molar-refractivity contribution in [3.63, 3.8) is 0 Å². The van der Waals surface area contributed by atoms with Crippen molar-refractivity contribution >= 4 is 0 Å². The molecule has 2 rings (SSSR count). The van der Waals surface area contributed by atoms with E-state index in [1.807, 2.05) is 25.8 Å². The summed E-state index contributed by atoms with van der Waals surface area (Å²) in [6.45, 7) is 5.42. The highest BCUT2D eigenvalue weighted by Crippen LogP contribution is 2.24. The molecule has 0 aliphatic carbocycles. The van der Waals surface area contributed by atoms with Gasteiger partial charge in [-0.3, -0.25) is 4.90 Å². The van der Waals surface area contributed by atoms with E-state index in [1.54, 1.807) is 19.2 Å². The first-order chi connectivity index (χ1) is 11.9. The fourth-order valence-corrected chi connectivity index (χ4v) is 2.97. The van der Waals surface area contributed by atoms with Crippen LogP contribution in [0.5, 0.6) is 11.5 Å². The Labute approximate surface area is 148 Å². The fraction of sp³-hybridized carbons (Fsp3) is 0.400. The molecule has 136 valence electrons. The van der Waals surface area contributed by atoms with E-state index >= 15 is 0 Å². The molecule has 0 saturated heterocycles. The average Bonchev–Trinajstić information content (AvgIpc) is 2.54. The molecule has 4 nitrogen and oxygen atoms in total. The number of benzene rings is 2. The van der Waals surface area contributed by atoms with Gasteiger partial charge in [0, 0.05) is 13.1 Å². The Morgan fingerprint density at radius 2 is 1.72 bits per heavy atom. The lowest BCUT2D eigenvalue weighted by atomic mass is 10.1. The zero-order valence-electron chi connectivity index (χ0n) is 15.3. The van der Waals surface area contributed by atoms with Gasteiger partial charge >= 0.3 is 0 Å². The fourth-order valence-electron chi connectivity index (χ4n) is 2.97. The number of aliphatic hydroxyl groups excluding tert-OH is 1. The van der Waals surface area contributed by atoms with Gasteiger partial charge < -0.3 is 14.6 Å². The minimum absolute atomic E-state index is 0.163. The van der Waals surface area contributed by atoms with Crippen LogP contribution in [0.25, 0.3) is 0 Å². The van der Waals surface area contributed by atoms with Crippen molar-refractivity contribution in [2.24, 2.45) is 0 Å². The third-order valence-corrected chi connectivity index (χ3v) is 3.96. The van der Waals surface area contributed by atoms with Gasteiger partial charge in [-0.25, -0.2) is 4.39 Å². The highest BCUT2D eigenvalue weighted by Gasteiger charge is 2.12. The molecule has 0 aliphatic heterocycles. The van der Waals surface area contributed by atoms with Crippen LogP contribution >= 0.6 is 0 Å². The maximum atomic E-state index is 12.8. The predicted molar refractivity (Wildman–Crippen MR) is 96.7 cm³/mol. The number of aliphatic hydroxyl groups is 1. The molecule has 25 heavy (non-hydrogen) atoms. The lowest BCUT2D eigenvalue weighted by molar-refractivity contribution is 0.0743. The maximum Gasteiger partial charge on any atom is 0.124 e. The van der Waals surface area contributed by atoms with Gasteiger partial charge in [-0.1, -0.05) is 12.1 Å². The number of nitrogens with zero attached hydrogens (tertiary/aromatic N) is 1. The number of halogens is 1. The zero-order valence-corrected chi connectivity index (χ0v) is 15.3. The van der Waals surface area contributed by atoms with E-state index in [-0.39, 0.29) is 12.4 Å². The van der Waals surface area contributed by atoms with Gasteiger partial charge in [0.1, 0.15) is 30.0 Å². The van der Waals surface area contributed by atoms with Gasteiger partial charge in [0.05, 0.1) is 7.11 Å². The summed E-state index contributed by atoms with van der Waals surface area (Å²) in [6, 6.07) is 9.97. The lowest BCUT2D eigenvalue weighted by Gasteiger charge is -2.22. The number of aryl methyl sites for hydroxylation is 2. The second-order valence-corrected chi connectivity index (χ2v) is 6.38. The SMILES string of the molecule is COc1c(C)cc(CN(C)CC(O)COc2ccc(F)cc2)cc1C. The summed E-state index contributed by atoms with van der Waals surface area (Å²) in [5.74, 6) is 1.15. The Morgan fingerprint density at radius 1 is 1.12 bits per heavy atom. The molecule has 0 fully saturated rings. The Hall–Kier alpha value is -2.11. The van der Waals surface area contributed by atoms with Crippen LogP contribution in [0.3, 0.4) is 0 Å². The Balaban J connectivity index is 1.84. The van der Waals surface area contributed by atoms with Gasteiger partial charge in [-0.2, -0.15) is 0 Å². The highest BCUT2D eigenvalue weighted by atomic mass is 19.1. The summed E-state index contributed by atoms with van der Waals surface area (Å²) < 4.78 is 23.7. The average molecular weight is 347 g/mol. The summed E-state index contributed by atoms with van der Waals surface area (Å²) in [7, 11) is 3.63. The van der Waals surface area contributed by atoms with E-state index in [1.165, 1.54) is 17.7 Å². The molecule has 2 aromatic rings. The smallest absolute Gasteiger partial charge is 0.124 e. The normalized spacial score (nSPS) is 12.3. The molecule has 2 aromatic carbocycles. The first kappa shape index (κ1) is 19.2. The largest absolute Gasteiger partial charge is 0.496 e. The second kappa shape index (κ2) is 8.83. The van der Waals surface area contributed by atoms with E-state index in [4.69, 9.17) is 9.47 Å². The number of likely N-dealkylation sites (N-methyl/N-ethyl adjacent to an activating group) is 1. The first-order valence-corrected chi connectivity index (χ1v) is 8.28. The quantitative estimate of drug-likeness (QED) is 0.795. The monoisotopic (exact) mass is 347 g/mol. The number of hydrogen-bond acceptors (Lipinski definition) is 4. The summed E-state index contributed by atoms with van der Waals surface area (Å²) in [5, 5.41) is 10.1. The van der Waals surface area contributed by atoms with Crippen molar-refractivity contribution in [2.45, 2.75) is 26.5 Å². The van der Waals surface area contributed by atoms with Crippen LogP contribution in [-0.4, -0.2) is 43.4 Å². The molecule has 1 N–H and O–H groups in total. The van der Waals surface area contributed by atoms with Crippen LogP contribution in [-0.2, 0) is 6.54 Å². The minimum Gasteiger partial charge on any atom is -0.496 e. The highest BCUT2D eigenvalue weighted by molar-refractivity contribution is 5.43. The molecule has 0 aromatic heterocycles. The van der Waals surface area contributed by atoms with Gasteiger partial charge in [0.2, 0.25) is 0 Å². The molecule has 0 heterocycles. The van der Waals surface area contributed by atoms with E-state index in [9.17, 15) is 9.50 Å². The summed E-state index contributed by atoms with van der Waals surface area (Å²) in [5.41, 5.74) is 3.38. The van der Waals surface area contributed by atoms with Crippen LogP contribution in [0.2, 0.25) is 0 Å². The van der Waals surface area contributed by atoms with Crippen LogP contribution in [0.4, 0.5) is 4.39 Å². The molecule has 0 amide bonds. The maximum absolute atomic E-state index is 12.8. The number of rotatable bonds is 8. The van der Waals surface area contributed by atoms with Crippen molar-refractivity contribution in [1.29, 1.82) is 0 Å². The molecule has 0 radical (unpaired) electrons. The van der Waals surface area contributed by atoms with E-state index in [2.05, 4.69) is 12.1 Å². The second-order valence-electron chi connectivity index (χ2n) is 6.38. The zero-order chi connectivity index (χ0) is 18.4. The van der Waals surface area contributed by atoms with Gasteiger partial charge in [-0.05, 0) is 61.9 Å². The first-order valence-electron chi connectivity index (χ1n) is 8.28. The Bertz CT molecular complexity index is 665. The molecular formula is C20H26FNO3. The van der Waals surface area contributed by atoms with Crippen molar-refractivity contribution < 1.29 is 19.0 Å². The molecule has 5 heteroatoms. The van der Waals surface area contributed by atoms with Crippen molar-refractivity contribution in [3.05, 3.63) is 58.9 Å². The van der Waals surface area contributed by atoms with E-state index < -0.39 is 6.10 Å². The van der Waals surface area contributed by atoms with Gasteiger partial charge in [0.25, 0.3) is 0 Å². The van der Waals surface area contributed by atoms with Gasteiger partial charge in [-0.15, -0.1) is 0 Å². The molecule has 0 bridgehead atoms. The van der Waals surface area contributed by atoms with Crippen molar-refractivity contribution in [1.82, 2.24) is 4.90 Å². The summed E-state index contributed by atoms with van der Waals surface area (Å²) >= 11 is 0. The van der Waals surface area contributed by atoms with Crippen LogP contribution in [0.1, 0.15) is 16.7 Å². The molecular weight excluding hydrogens is 321 g/mol. The molecule has 0 aliphatic rings. The summed E-state index contributed by atoms with van der Waals surface area (Å²) in [4.78, 5) is 2.04. The molecule has 0 spiro atoms. The topological polar surface area (TPSA) is 41.9 Å². The van der Waals surface area contributed by atoms with E-state index in [0.717, 1.165) is 23.4 Å². The Kier molecular flexibility index (Phi) is 6.79. The number of ether oxygens (including phenoxy) is 2. The molecule has 1 unspecified atom stereocenters. The number of hydrogen-bond donors (Lipinski definition) is 1. The van der Waals surface area contributed by atoms with Crippen molar-refractivity contribution in [2.75, 3.05) is 27.3 Å².